The molecule has 0 aliphatic heterocycles. The first-order chi connectivity index (χ1) is 12.2. The predicted octanol–water partition coefficient (Wildman–Crippen LogP) is 2.98. The molecule has 0 bridgehead atoms. The lowest BCUT2D eigenvalue weighted by Gasteiger charge is -2.09. The van der Waals surface area contributed by atoms with Crippen LogP contribution in [0.1, 0.15) is 24.2 Å². The number of sulfonamides is 1. The maximum atomic E-state index is 12.3. The standard InChI is InChI=1S/C17H17N3O4S2/c1-10(2)24-12-5-3-11(4-6-12)16(21)20-17-19-14-8-7-13(26(18,22)23)9-15(14)25-17/h3-10H,1-2H3,(H2,18,22,23)(H,19,20,21). The van der Waals surface area contributed by atoms with Crippen LogP contribution in [0.25, 0.3) is 10.2 Å². The molecule has 2 aromatic carbocycles. The highest BCUT2D eigenvalue weighted by molar-refractivity contribution is 7.89. The van der Waals surface area contributed by atoms with Gasteiger partial charge in [0.25, 0.3) is 5.91 Å². The number of ether oxygens (including phenoxy) is 1. The lowest BCUT2D eigenvalue weighted by atomic mass is 10.2. The number of hydrogen-bond donors (Lipinski definition) is 2. The van der Waals surface area contributed by atoms with Crippen LogP contribution in [0.5, 0.6) is 5.75 Å². The number of hydrogen-bond acceptors (Lipinski definition) is 6. The lowest BCUT2D eigenvalue weighted by molar-refractivity contribution is 0.102. The Morgan fingerprint density at radius 3 is 2.50 bits per heavy atom. The van der Waals surface area contributed by atoms with Gasteiger partial charge >= 0.3 is 0 Å². The molecule has 0 fully saturated rings. The van der Waals surface area contributed by atoms with Crippen LogP contribution in [0.4, 0.5) is 5.13 Å². The van der Waals surface area contributed by atoms with Gasteiger partial charge in [0.05, 0.1) is 21.2 Å². The van der Waals surface area contributed by atoms with E-state index in [-0.39, 0.29) is 16.9 Å². The molecule has 3 rings (SSSR count). The summed E-state index contributed by atoms with van der Waals surface area (Å²) in [4.78, 5) is 16.6. The molecule has 0 saturated heterocycles. The Morgan fingerprint density at radius 1 is 1.19 bits per heavy atom. The normalized spacial score (nSPS) is 11.7. The first kappa shape index (κ1) is 18.3. The Balaban J connectivity index is 1.78. The second-order valence-electron chi connectivity index (χ2n) is 5.84. The first-order valence-corrected chi connectivity index (χ1v) is 10.1. The number of anilines is 1. The van der Waals surface area contributed by atoms with E-state index in [9.17, 15) is 13.2 Å². The zero-order valence-corrected chi connectivity index (χ0v) is 15.7. The van der Waals surface area contributed by atoms with Gasteiger partial charge in [-0.15, -0.1) is 0 Å². The van der Waals surface area contributed by atoms with Crippen molar-refractivity contribution in [2.75, 3.05) is 5.32 Å². The van der Waals surface area contributed by atoms with Gasteiger partial charge in [0.2, 0.25) is 10.0 Å². The van der Waals surface area contributed by atoms with E-state index in [1.807, 2.05) is 13.8 Å². The molecular formula is C17H17N3O4S2. The molecule has 0 spiro atoms. The number of rotatable bonds is 5. The van der Waals surface area contributed by atoms with Crippen LogP contribution in [-0.2, 0) is 10.0 Å². The minimum Gasteiger partial charge on any atom is -0.491 e. The number of fused-ring (bicyclic) bond motifs is 1. The SMILES string of the molecule is CC(C)Oc1ccc(C(=O)Nc2nc3ccc(S(N)(=O)=O)cc3s2)cc1. The summed E-state index contributed by atoms with van der Waals surface area (Å²) in [5, 5.41) is 8.22. The average Bonchev–Trinajstić information content (AvgIpc) is 2.95. The molecule has 3 N–H and O–H groups in total. The minimum atomic E-state index is -3.78. The van der Waals surface area contributed by atoms with Crippen molar-refractivity contribution in [3.05, 3.63) is 48.0 Å². The van der Waals surface area contributed by atoms with Crippen molar-refractivity contribution in [1.82, 2.24) is 4.98 Å². The van der Waals surface area contributed by atoms with Crippen molar-refractivity contribution in [2.45, 2.75) is 24.8 Å². The molecule has 9 heteroatoms. The van der Waals surface area contributed by atoms with Crippen LogP contribution in [-0.4, -0.2) is 25.4 Å². The molecule has 0 unspecified atom stereocenters. The number of nitrogens with one attached hydrogen (secondary N) is 1. The summed E-state index contributed by atoms with van der Waals surface area (Å²) >= 11 is 1.17. The Hall–Kier alpha value is -2.49. The van der Waals surface area contributed by atoms with Gasteiger partial charge in [-0.2, -0.15) is 0 Å². The molecule has 0 radical (unpaired) electrons. The third kappa shape index (κ3) is 4.18. The smallest absolute Gasteiger partial charge is 0.257 e. The van der Waals surface area contributed by atoms with E-state index in [2.05, 4.69) is 10.3 Å². The molecular weight excluding hydrogens is 374 g/mol. The van der Waals surface area contributed by atoms with Crippen LogP contribution >= 0.6 is 11.3 Å². The van der Waals surface area contributed by atoms with Crippen LogP contribution in [0.2, 0.25) is 0 Å². The van der Waals surface area contributed by atoms with Crippen LogP contribution in [0.15, 0.2) is 47.4 Å². The zero-order chi connectivity index (χ0) is 18.9. The van der Waals surface area contributed by atoms with E-state index in [1.54, 1.807) is 30.3 Å². The predicted molar refractivity (Wildman–Crippen MR) is 101 cm³/mol. The fourth-order valence-corrected chi connectivity index (χ4v) is 3.78. The molecule has 1 aromatic heterocycles. The number of nitrogens with two attached hydrogens (primary N) is 1. The number of aromatic nitrogens is 1. The van der Waals surface area contributed by atoms with Crippen LogP contribution < -0.4 is 15.2 Å². The maximum absolute atomic E-state index is 12.3. The van der Waals surface area contributed by atoms with Gasteiger partial charge in [0.15, 0.2) is 5.13 Å². The molecule has 0 aliphatic rings. The highest BCUT2D eigenvalue weighted by Crippen LogP contribution is 2.28. The second kappa shape index (κ2) is 7.02. The molecule has 0 atom stereocenters. The first-order valence-electron chi connectivity index (χ1n) is 7.74. The van der Waals surface area contributed by atoms with Crippen molar-refractivity contribution in [2.24, 2.45) is 5.14 Å². The average molecular weight is 391 g/mol. The monoisotopic (exact) mass is 391 g/mol. The van der Waals surface area contributed by atoms with Gasteiger partial charge in [-0.05, 0) is 56.3 Å². The van der Waals surface area contributed by atoms with Crippen molar-refractivity contribution >= 4 is 42.6 Å². The number of carbonyl (C=O) groups excluding carboxylic acids is 1. The zero-order valence-electron chi connectivity index (χ0n) is 14.1. The third-order valence-corrected chi connectivity index (χ3v) is 5.24. The van der Waals surface area contributed by atoms with Crippen molar-refractivity contribution in [3.63, 3.8) is 0 Å². The number of benzene rings is 2. The topological polar surface area (TPSA) is 111 Å². The molecule has 3 aromatic rings. The highest BCUT2D eigenvalue weighted by atomic mass is 32.2. The third-order valence-electron chi connectivity index (χ3n) is 3.40. The Kier molecular flexibility index (Phi) is 4.94. The van der Waals surface area contributed by atoms with Gasteiger partial charge in [0.1, 0.15) is 5.75 Å². The molecule has 7 nitrogen and oxygen atoms in total. The van der Waals surface area contributed by atoms with E-state index in [4.69, 9.17) is 9.88 Å². The van der Waals surface area contributed by atoms with Crippen molar-refractivity contribution < 1.29 is 17.9 Å². The van der Waals surface area contributed by atoms with E-state index >= 15 is 0 Å². The van der Waals surface area contributed by atoms with Crippen molar-refractivity contribution in [1.29, 1.82) is 0 Å². The van der Waals surface area contributed by atoms with E-state index < -0.39 is 10.0 Å². The van der Waals surface area contributed by atoms with Crippen molar-refractivity contribution in [3.8, 4) is 5.75 Å². The largest absolute Gasteiger partial charge is 0.491 e. The van der Waals surface area contributed by atoms with Gasteiger partial charge in [-0.3, -0.25) is 10.1 Å². The quantitative estimate of drug-likeness (QED) is 0.694. The van der Waals surface area contributed by atoms with Gasteiger partial charge in [0, 0.05) is 5.56 Å². The number of nitrogens with zero attached hydrogens (tertiary/aromatic N) is 1. The number of thiazole rings is 1. The van der Waals surface area contributed by atoms with E-state index in [1.165, 1.54) is 23.5 Å². The summed E-state index contributed by atoms with van der Waals surface area (Å²) in [6.45, 7) is 3.85. The van der Waals surface area contributed by atoms with Crippen LogP contribution in [0, 0.1) is 0 Å². The highest BCUT2D eigenvalue weighted by Gasteiger charge is 2.13. The molecule has 1 amide bonds. The minimum absolute atomic E-state index is 0.00673. The molecule has 26 heavy (non-hydrogen) atoms. The fraction of sp³-hybridized carbons (Fsp3) is 0.176. The number of amides is 1. The summed E-state index contributed by atoms with van der Waals surface area (Å²) in [6, 6.07) is 11.2. The summed E-state index contributed by atoms with van der Waals surface area (Å²) in [5.74, 6) is 0.374. The number of carbonyl (C=O) groups is 1. The molecule has 0 aliphatic carbocycles. The second-order valence-corrected chi connectivity index (χ2v) is 8.43. The van der Waals surface area contributed by atoms with E-state index in [0.717, 1.165) is 0 Å². The van der Waals surface area contributed by atoms with Gasteiger partial charge in [-0.25, -0.2) is 18.5 Å². The number of primary sulfonamides is 1. The summed E-state index contributed by atoms with van der Waals surface area (Å²) in [7, 11) is -3.78. The lowest BCUT2D eigenvalue weighted by Crippen LogP contribution is -2.12. The summed E-state index contributed by atoms with van der Waals surface area (Å²) < 4.78 is 29.0. The molecule has 136 valence electrons. The Morgan fingerprint density at radius 2 is 1.88 bits per heavy atom. The van der Waals surface area contributed by atoms with Crippen LogP contribution in [0.3, 0.4) is 0 Å². The molecule has 0 saturated carbocycles. The summed E-state index contributed by atoms with van der Waals surface area (Å²) in [5.41, 5.74) is 1.05. The van der Waals surface area contributed by atoms with E-state index in [0.29, 0.717) is 26.7 Å². The Labute approximate surface area is 154 Å². The van der Waals surface area contributed by atoms with Gasteiger partial charge < -0.3 is 4.74 Å². The van der Waals surface area contributed by atoms with Gasteiger partial charge in [-0.1, -0.05) is 11.3 Å². The Bertz CT molecular complexity index is 1060. The molecule has 1 heterocycles. The summed E-state index contributed by atoms with van der Waals surface area (Å²) in [6.07, 6.45) is 0.0552. The maximum Gasteiger partial charge on any atom is 0.257 e. The fourth-order valence-electron chi connectivity index (χ4n) is 2.26.